The summed E-state index contributed by atoms with van der Waals surface area (Å²) in [7, 11) is 0. The highest BCUT2D eigenvalue weighted by atomic mass is 19.1. The maximum absolute atomic E-state index is 13.2. The van der Waals surface area contributed by atoms with Crippen molar-refractivity contribution in [1.82, 2.24) is 5.32 Å². The molecule has 1 aliphatic rings. The molecule has 0 spiro atoms. The van der Waals surface area contributed by atoms with Crippen LogP contribution in [0.4, 0.5) is 4.39 Å². The van der Waals surface area contributed by atoms with Gasteiger partial charge in [-0.1, -0.05) is 6.92 Å². The van der Waals surface area contributed by atoms with Crippen LogP contribution in [-0.4, -0.2) is 23.7 Å². The van der Waals surface area contributed by atoms with Crippen molar-refractivity contribution in [3.8, 4) is 5.75 Å². The van der Waals surface area contributed by atoms with Crippen molar-refractivity contribution in [1.29, 1.82) is 0 Å². The van der Waals surface area contributed by atoms with E-state index in [0.717, 1.165) is 0 Å². The van der Waals surface area contributed by atoms with Crippen molar-refractivity contribution < 1.29 is 19.0 Å². The Morgan fingerprint density at radius 2 is 2.39 bits per heavy atom. The molecule has 4 nitrogen and oxygen atoms in total. The summed E-state index contributed by atoms with van der Waals surface area (Å²) in [5.41, 5.74) is 0.383. The first-order chi connectivity index (χ1) is 8.61. The third-order valence-electron chi connectivity index (χ3n) is 3.03. The molecule has 18 heavy (non-hydrogen) atoms. The minimum absolute atomic E-state index is 0.140. The number of halogens is 1. The topological polar surface area (TPSA) is 58.6 Å². The first kappa shape index (κ1) is 12.8. The van der Waals surface area contributed by atoms with Crippen molar-refractivity contribution in [2.75, 3.05) is 6.61 Å². The fraction of sp³-hybridized carbons (Fsp3) is 0.462. The molecule has 0 saturated carbocycles. The second kappa shape index (κ2) is 5.35. The Balaban J connectivity index is 2.25. The third kappa shape index (κ3) is 2.61. The van der Waals surface area contributed by atoms with Crippen LogP contribution in [0, 0.1) is 5.82 Å². The molecule has 98 valence electrons. The quantitative estimate of drug-likeness (QED) is 0.840. The predicted molar refractivity (Wildman–Crippen MR) is 63.7 cm³/mol. The van der Waals surface area contributed by atoms with Crippen molar-refractivity contribution >= 4 is 5.91 Å². The molecule has 2 N–H and O–H groups in total. The van der Waals surface area contributed by atoms with Gasteiger partial charge >= 0.3 is 0 Å². The van der Waals surface area contributed by atoms with Gasteiger partial charge in [-0.25, -0.2) is 4.39 Å². The second-order valence-corrected chi connectivity index (χ2v) is 4.29. The number of hydrogen-bond donors (Lipinski definition) is 2. The van der Waals surface area contributed by atoms with E-state index < -0.39 is 18.0 Å². The van der Waals surface area contributed by atoms with Gasteiger partial charge in [0.1, 0.15) is 17.7 Å². The minimum atomic E-state index is -0.950. The van der Waals surface area contributed by atoms with Gasteiger partial charge < -0.3 is 15.2 Å². The summed E-state index contributed by atoms with van der Waals surface area (Å²) in [4.78, 5) is 11.4. The van der Waals surface area contributed by atoms with Crippen LogP contribution in [0.15, 0.2) is 18.2 Å². The molecule has 1 amide bonds. The van der Waals surface area contributed by atoms with Crippen LogP contribution in [0.2, 0.25) is 0 Å². The van der Waals surface area contributed by atoms with Gasteiger partial charge in [0.2, 0.25) is 5.91 Å². The molecule has 0 aromatic heterocycles. The Kier molecular flexibility index (Phi) is 3.81. The largest absolute Gasteiger partial charge is 0.493 e. The van der Waals surface area contributed by atoms with Gasteiger partial charge in [0, 0.05) is 18.4 Å². The zero-order chi connectivity index (χ0) is 13.1. The summed E-state index contributed by atoms with van der Waals surface area (Å²) < 4.78 is 18.6. The molecule has 0 radical (unpaired) electrons. The summed E-state index contributed by atoms with van der Waals surface area (Å²) in [6, 6.07) is 3.59. The Bertz CT molecular complexity index is 450. The predicted octanol–water partition coefficient (Wildman–Crippen LogP) is 1.54. The molecule has 2 atom stereocenters. The number of aliphatic hydroxyl groups is 1. The highest BCUT2D eigenvalue weighted by molar-refractivity contribution is 5.76. The molecule has 1 aliphatic heterocycles. The summed E-state index contributed by atoms with van der Waals surface area (Å²) in [5, 5.41) is 12.9. The lowest BCUT2D eigenvalue weighted by Gasteiger charge is -2.21. The van der Waals surface area contributed by atoms with E-state index in [4.69, 9.17) is 4.74 Å². The Morgan fingerprint density at radius 1 is 1.61 bits per heavy atom. The molecule has 1 aromatic carbocycles. The smallest absolute Gasteiger partial charge is 0.220 e. The molecule has 1 heterocycles. The van der Waals surface area contributed by atoms with E-state index in [2.05, 4.69) is 5.32 Å². The Labute approximate surface area is 105 Å². The molecular weight excluding hydrogens is 237 g/mol. The van der Waals surface area contributed by atoms with Crippen molar-refractivity contribution in [2.45, 2.75) is 31.9 Å². The first-order valence-corrected chi connectivity index (χ1v) is 6.01. The van der Waals surface area contributed by atoms with E-state index in [9.17, 15) is 14.3 Å². The fourth-order valence-electron chi connectivity index (χ4n) is 2.01. The fourth-order valence-corrected chi connectivity index (χ4v) is 2.01. The van der Waals surface area contributed by atoms with Crippen LogP contribution in [0.3, 0.4) is 0 Å². The minimum Gasteiger partial charge on any atom is -0.493 e. The van der Waals surface area contributed by atoms with Crippen LogP contribution in [0.1, 0.15) is 31.4 Å². The van der Waals surface area contributed by atoms with Gasteiger partial charge in [-0.2, -0.15) is 0 Å². The van der Waals surface area contributed by atoms with Crippen LogP contribution in [0.5, 0.6) is 5.75 Å². The van der Waals surface area contributed by atoms with E-state index in [1.807, 2.05) is 0 Å². The Morgan fingerprint density at radius 3 is 3.11 bits per heavy atom. The average Bonchev–Trinajstić information content (AvgIpc) is 2.51. The average molecular weight is 253 g/mol. The number of fused-ring (bicyclic) bond motifs is 1. The molecule has 0 saturated heterocycles. The molecule has 2 rings (SSSR count). The van der Waals surface area contributed by atoms with E-state index in [1.54, 1.807) is 6.92 Å². The number of benzene rings is 1. The molecule has 2 unspecified atom stereocenters. The number of ether oxygens (including phenoxy) is 1. The lowest BCUT2D eigenvalue weighted by molar-refractivity contribution is -0.122. The van der Waals surface area contributed by atoms with Crippen molar-refractivity contribution in [3.05, 3.63) is 29.6 Å². The monoisotopic (exact) mass is 253 g/mol. The van der Waals surface area contributed by atoms with Crippen molar-refractivity contribution in [2.24, 2.45) is 0 Å². The summed E-state index contributed by atoms with van der Waals surface area (Å²) in [6.07, 6.45) is -0.114. The number of rotatable bonds is 2. The SMILES string of the molecule is CCC(=O)NC1CCOc2ccc(F)cc2C1O. The number of aliphatic hydroxyl groups excluding tert-OH is 1. The lowest BCUT2D eigenvalue weighted by atomic mass is 10.00. The van der Waals surface area contributed by atoms with Crippen molar-refractivity contribution in [3.63, 3.8) is 0 Å². The van der Waals surface area contributed by atoms with Gasteiger partial charge in [-0.15, -0.1) is 0 Å². The lowest BCUT2D eigenvalue weighted by Crippen LogP contribution is -2.39. The first-order valence-electron chi connectivity index (χ1n) is 6.01. The zero-order valence-corrected chi connectivity index (χ0v) is 10.1. The van der Waals surface area contributed by atoms with Gasteiger partial charge in [-0.3, -0.25) is 4.79 Å². The van der Waals surface area contributed by atoms with Gasteiger partial charge in [0.15, 0.2) is 0 Å². The van der Waals surface area contributed by atoms with Crippen LogP contribution < -0.4 is 10.1 Å². The second-order valence-electron chi connectivity index (χ2n) is 4.29. The number of carbonyl (C=O) groups is 1. The zero-order valence-electron chi connectivity index (χ0n) is 10.1. The number of carbonyl (C=O) groups excluding carboxylic acids is 1. The van der Waals surface area contributed by atoms with E-state index in [0.29, 0.717) is 30.8 Å². The maximum Gasteiger partial charge on any atom is 0.220 e. The molecule has 0 aliphatic carbocycles. The number of nitrogens with one attached hydrogen (secondary N) is 1. The van der Waals surface area contributed by atoms with Crippen LogP contribution >= 0.6 is 0 Å². The van der Waals surface area contributed by atoms with Gasteiger partial charge in [-0.05, 0) is 18.2 Å². The van der Waals surface area contributed by atoms with Gasteiger partial charge in [0.25, 0.3) is 0 Å². The Hall–Kier alpha value is -1.62. The summed E-state index contributed by atoms with van der Waals surface area (Å²) in [6.45, 7) is 2.12. The molecule has 1 aromatic rings. The van der Waals surface area contributed by atoms with Gasteiger partial charge in [0.05, 0.1) is 12.6 Å². The maximum atomic E-state index is 13.2. The number of amides is 1. The van der Waals surface area contributed by atoms with Crippen LogP contribution in [0.25, 0.3) is 0 Å². The number of hydrogen-bond acceptors (Lipinski definition) is 3. The van der Waals surface area contributed by atoms with Crippen LogP contribution in [-0.2, 0) is 4.79 Å². The normalized spacial score (nSPS) is 22.6. The van der Waals surface area contributed by atoms with E-state index in [1.165, 1.54) is 18.2 Å². The third-order valence-corrected chi connectivity index (χ3v) is 3.03. The summed E-state index contributed by atoms with van der Waals surface area (Å²) >= 11 is 0. The molecular formula is C13H16FNO3. The summed E-state index contributed by atoms with van der Waals surface area (Å²) in [5.74, 6) is -0.102. The highest BCUT2D eigenvalue weighted by Gasteiger charge is 2.28. The van der Waals surface area contributed by atoms with E-state index in [-0.39, 0.29) is 5.91 Å². The molecule has 0 fully saturated rings. The standard InChI is InChI=1S/C13H16FNO3/c1-2-12(16)15-10-5-6-18-11-4-3-8(14)7-9(11)13(10)17/h3-4,7,10,13,17H,2,5-6H2,1H3,(H,15,16). The highest BCUT2D eigenvalue weighted by Crippen LogP contribution is 2.32. The molecule has 5 heteroatoms. The molecule has 0 bridgehead atoms. The van der Waals surface area contributed by atoms with E-state index >= 15 is 0 Å².